The Morgan fingerprint density at radius 3 is 2.56 bits per heavy atom. The second-order valence-electron chi connectivity index (χ2n) is 4.98. The maximum absolute atomic E-state index is 11.9. The van der Waals surface area contributed by atoms with E-state index in [1.807, 2.05) is 16.7 Å². The summed E-state index contributed by atoms with van der Waals surface area (Å²) in [6.45, 7) is 8.64. The summed E-state index contributed by atoms with van der Waals surface area (Å²) in [5.41, 5.74) is 0. The number of hydrogen-bond acceptors (Lipinski definition) is 3. The molecule has 1 rings (SSSR count). The third kappa shape index (κ3) is 4.34. The van der Waals surface area contributed by atoms with Gasteiger partial charge in [-0.2, -0.15) is 11.8 Å². The van der Waals surface area contributed by atoms with E-state index in [4.69, 9.17) is 0 Å². The van der Waals surface area contributed by atoms with Gasteiger partial charge >= 0.3 is 0 Å². The van der Waals surface area contributed by atoms with Crippen molar-refractivity contribution >= 4 is 17.7 Å². The molecule has 94 valence electrons. The first-order valence-electron chi connectivity index (χ1n) is 6.05. The van der Waals surface area contributed by atoms with Crippen LogP contribution in [0.5, 0.6) is 0 Å². The molecule has 0 atom stereocenters. The first-order chi connectivity index (χ1) is 7.50. The van der Waals surface area contributed by atoms with E-state index in [9.17, 15) is 4.79 Å². The third-order valence-electron chi connectivity index (χ3n) is 3.03. The van der Waals surface area contributed by atoms with Gasteiger partial charge in [0.15, 0.2) is 0 Å². The molecule has 1 aliphatic carbocycles. The fourth-order valence-corrected chi connectivity index (χ4v) is 1.91. The summed E-state index contributed by atoms with van der Waals surface area (Å²) in [5.74, 6) is 0.252. The number of nitrogens with one attached hydrogen (secondary N) is 1. The molecule has 0 saturated heterocycles. The van der Waals surface area contributed by atoms with Crippen LogP contribution in [0.2, 0.25) is 0 Å². The Hall–Kier alpha value is -0.220. The van der Waals surface area contributed by atoms with Crippen molar-refractivity contribution in [2.24, 2.45) is 0 Å². The van der Waals surface area contributed by atoms with Gasteiger partial charge in [0.2, 0.25) is 5.91 Å². The Labute approximate surface area is 103 Å². The molecule has 1 aliphatic rings. The highest BCUT2D eigenvalue weighted by atomic mass is 32.2. The maximum Gasteiger partial charge on any atom is 0.236 e. The van der Waals surface area contributed by atoms with E-state index in [2.05, 4.69) is 32.3 Å². The highest BCUT2D eigenvalue weighted by Gasteiger charge is 2.31. The molecular formula is C12H24N2OS. The van der Waals surface area contributed by atoms with Gasteiger partial charge in [-0.15, -0.1) is 0 Å². The minimum absolute atomic E-state index is 0.205. The number of carbonyl (C=O) groups excluding carboxylic acids is 1. The lowest BCUT2D eigenvalue weighted by Crippen LogP contribution is -2.42. The van der Waals surface area contributed by atoms with Crippen LogP contribution in [0.25, 0.3) is 0 Å². The van der Waals surface area contributed by atoms with E-state index in [0.717, 1.165) is 13.1 Å². The molecule has 0 unspecified atom stereocenters. The van der Waals surface area contributed by atoms with Gasteiger partial charge in [-0.3, -0.25) is 4.79 Å². The van der Waals surface area contributed by atoms with Gasteiger partial charge in [0.05, 0.1) is 6.54 Å². The van der Waals surface area contributed by atoms with Crippen LogP contribution in [0, 0.1) is 0 Å². The molecule has 1 N–H and O–H groups in total. The molecule has 0 bridgehead atoms. The van der Waals surface area contributed by atoms with E-state index >= 15 is 0 Å². The second-order valence-corrected chi connectivity index (χ2v) is 6.49. The minimum Gasteiger partial charge on any atom is -0.339 e. The van der Waals surface area contributed by atoms with Crippen LogP contribution in [0.1, 0.15) is 33.6 Å². The van der Waals surface area contributed by atoms with E-state index in [0.29, 0.717) is 12.6 Å². The summed E-state index contributed by atoms with van der Waals surface area (Å²) in [5, 5.41) is 3.26. The maximum atomic E-state index is 11.9. The van der Waals surface area contributed by atoms with Crippen molar-refractivity contribution in [3.05, 3.63) is 0 Å². The predicted molar refractivity (Wildman–Crippen MR) is 70.9 cm³/mol. The molecule has 0 radical (unpaired) electrons. The molecule has 0 spiro atoms. The Morgan fingerprint density at radius 1 is 1.50 bits per heavy atom. The summed E-state index contributed by atoms with van der Waals surface area (Å²) < 4.78 is 0.205. The highest BCUT2D eigenvalue weighted by Crippen LogP contribution is 2.26. The lowest BCUT2D eigenvalue weighted by molar-refractivity contribution is -0.130. The monoisotopic (exact) mass is 244 g/mol. The molecule has 16 heavy (non-hydrogen) atoms. The Morgan fingerprint density at radius 2 is 2.12 bits per heavy atom. The molecule has 1 saturated carbocycles. The third-order valence-corrected chi connectivity index (χ3v) is 4.28. The van der Waals surface area contributed by atoms with Gasteiger partial charge < -0.3 is 10.2 Å². The molecule has 1 amide bonds. The largest absolute Gasteiger partial charge is 0.339 e. The number of nitrogens with zero attached hydrogens (tertiary/aromatic N) is 1. The van der Waals surface area contributed by atoms with Crippen molar-refractivity contribution in [2.75, 3.05) is 25.9 Å². The second kappa shape index (κ2) is 5.92. The molecule has 0 heterocycles. The van der Waals surface area contributed by atoms with Crippen LogP contribution < -0.4 is 5.32 Å². The molecule has 0 aromatic carbocycles. The summed E-state index contributed by atoms with van der Waals surface area (Å²) in [6.07, 6.45) is 4.48. The first-order valence-corrected chi connectivity index (χ1v) is 7.28. The van der Waals surface area contributed by atoms with E-state index in [1.165, 1.54) is 12.8 Å². The van der Waals surface area contributed by atoms with Crippen molar-refractivity contribution in [1.82, 2.24) is 10.2 Å². The van der Waals surface area contributed by atoms with Crippen LogP contribution in [0.4, 0.5) is 0 Å². The zero-order valence-electron chi connectivity index (χ0n) is 10.9. The van der Waals surface area contributed by atoms with Crippen LogP contribution >= 0.6 is 11.8 Å². The molecule has 1 fully saturated rings. The number of thioether (sulfide) groups is 1. The zero-order chi connectivity index (χ0) is 12.2. The summed E-state index contributed by atoms with van der Waals surface area (Å²) >= 11 is 1.82. The van der Waals surface area contributed by atoms with E-state index < -0.39 is 0 Å². The zero-order valence-corrected chi connectivity index (χ0v) is 11.7. The molecule has 4 heteroatoms. The summed E-state index contributed by atoms with van der Waals surface area (Å²) in [6, 6.07) is 0.535. The summed E-state index contributed by atoms with van der Waals surface area (Å²) in [7, 11) is 0. The topological polar surface area (TPSA) is 32.3 Å². The Kier molecular flexibility index (Phi) is 5.12. The van der Waals surface area contributed by atoms with Crippen LogP contribution in [0.15, 0.2) is 0 Å². The van der Waals surface area contributed by atoms with Crippen LogP contribution in [-0.4, -0.2) is 47.5 Å². The summed E-state index contributed by atoms with van der Waals surface area (Å²) in [4.78, 5) is 13.9. The smallest absolute Gasteiger partial charge is 0.236 e. The van der Waals surface area contributed by atoms with Crippen molar-refractivity contribution in [2.45, 2.75) is 44.4 Å². The quantitative estimate of drug-likeness (QED) is 0.740. The Balaban J connectivity index is 2.23. The standard InChI is InChI=1S/C12H24N2OS/c1-5-14(10-6-7-10)11(15)8-13-9-12(2,3)16-4/h10,13H,5-9H2,1-4H3. The first kappa shape index (κ1) is 13.8. The van der Waals surface area contributed by atoms with Crippen LogP contribution in [0.3, 0.4) is 0 Å². The lowest BCUT2D eigenvalue weighted by Gasteiger charge is -2.24. The fraction of sp³-hybridized carbons (Fsp3) is 0.917. The highest BCUT2D eigenvalue weighted by molar-refractivity contribution is 7.99. The van der Waals surface area contributed by atoms with Gasteiger partial charge in [0, 0.05) is 23.9 Å². The number of hydrogen-bond donors (Lipinski definition) is 1. The molecule has 0 aromatic heterocycles. The molecule has 3 nitrogen and oxygen atoms in total. The van der Waals surface area contributed by atoms with Gasteiger partial charge in [-0.1, -0.05) is 0 Å². The van der Waals surface area contributed by atoms with Crippen molar-refractivity contribution in [3.8, 4) is 0 Å². The van der Waals surface area contributed by atoms with Gasteiger partial charge in [0.1, 0.15) is 0 Å². The SMILES string of the molecule is CCN(C(=O)CNCC(C)(C)SC)C1CC1. The lowest BCUT2D eigenvalue weighted by atomic mass is 10.2. The Bertz CT molecular complexity index is 239. The average molecular weight is 244 g/mol. The number of likely N-dealkylation sites (N-methyl/N-ethyl adjacent to an activating group) is 1. The van der Waals surface area contributed by atoms with Crippen LogP contribution in [-0.2, 0) is 4.79 Å². The predicted octanol–water partition coefficient (Wildman–Crippen LogP) is 1.73. The normalized spacial score (nSPS) is 16.2. The molecule has 0 aromatic rings. The van der Waals surface area contributed by atoms with E-state index in [-0.39, 0.29) is 10.7 Å². The van der Waals surface area contributed by atoms with Gasteiger partial charge in [0.25, 0.3) is 0 Å². The van der Waals surface area contributed by atoms with Crippen molar-refractivity contribution in [1.29, 1.82) is 0 Å². The van der Waals surface area contributed by atoms with Crippen molar-refractivity contribution < 1.29 is 4.79 Å². The van der Waals surface area contributed by atoms with Crippen molar-refractivity contribution in [3.63, 3.8) is 0 Å². The van der Waals surface area contributed by atoms with Gasteiger partial charge in [-0.25, -0.2) is 0 Å². The average Bonchev–Trinajstić information content (AvgIpc) is 3.03. The number of amides is 1. The number of carbonyl (C=O) groups is 1. The number of rotatable bonds is 7. The molecule has 0 aliphatic heterocycles. The minimum atomic E-state index is 0.205. The van der Waals surface area contributed by atoms with E-state index in [1.54, 1.807) is 0 Å². The molecular weight excluding hydrogens is 220 g/mol. The fourth-order valence-electron chi connectivity index (χ4n) is 1.67. The van der Waals surface area contributed by atoms with Gasteiger partial charge in [-0.05, 0) is 39.9 Å².